The first-order valence-corrected chi connectivity index (χ1v) is 6.85. The van der Waals surface area contributed by atoms with Crippen molar-refractivity contribution in [3.8, 4) is 5.75 Å². The molecule has 0 spiro atoms. The number of benzene rings is 1. The van der Waals surface area contributed by atoms with E-state index < -0.39 is 0 Å². The summed E-state index contributed by atoms with van der Waals surface area (Å²) >= 11 is 3.39. The quantitative estimate of drug-likeness (QED) is 0.882. The molecule has 1 aromatic carbocycles. The van der Waals surface area contributed by atoms with Crippen LogP contribution in [0.25, 0.3) is 0 Å². The van der Waals surface area contributed by atoms with Crippen molar-refractivity contribution in [3.63, 3.8) is 0 Å². The van der Waals surface area contributed by atoms with E-state index in [1.165, 1.54) is 0 Å². The Balaban J connectivity index is 0.00000180. The van der Waals surface area contributed by atoms with E-state index in [4.69, 9.17) is 4.74 Å². The largest absolute Gasteiger partial charge is 0.495 e. The number of hydrogen-bond donors (Lipinski definition) is 2. The van der Waals surface area contributed by atoms with Gasteiger partial charge in [0.2, 0.25) is 5.91 Å². The van der Waals surface area contributed by atoms with E-state index in [9.17, 15) is 4.79 Å². The van der Waals surface area contributed by atoms with Crippen LogP contribution in [-0.4, -0.2) is 26.1 Å². The van der Waals surface area contributed by atoms with Gasteiger partial charge in [0.15, 0.2) is 0 Å². The summed E-state index contributed by atoms with van der Waals surface area (Å²) in [7, 11) is 1.61. The van der Waals surface area contributed by atoms with Gasteiger partial charge in [-0.1, -0.05) is 0 Å². The Morgan fingerprint density at radius 3 is 2.74 bits per heavy atom. The molecule has 0 bridgehead atoms. The lowest BCUT2D eigenvalue weighted by Crippen LogP contribution is -2.34. The predicted octanol–water partition coefficient (Wildman–Crippen LogP) is 2.82. The van der Waals surface area contributed by atoms with Crippen LogP contribution in [0.2, 0.25) is 0 Å². The Labute approximate surface area is 127 Å². The number of anilines is 1. The molecule has 1 saturated heterocycles. The first-order valence-electron chi connectivity index (χ1n) is 6.06. The molecule has 19 heavy (non-hydrogen) atoms. The van der Waals surface area contributed by atoms with Crippen LogP contribution in [0.3, 0.4) is 0 Å². The monoisotopic (exact) mass is 348 g/mol. The number of carbonyl (C=O) groups is 1. The maximum absolute atomic E-state index is 12.1. The predicted molar refractivity (Wildman–Crippen MR) is 82.2 cm³/mol. The Morgan fingerprint density at radius 1 is 1.42 bits per heavy atom. The highest BCUT2D eigenvalue weighted by Gasteiger charge is 2.20. The highest BCUT2D eigenvalue weighted by atomic mass is 79.9. The molecule has 1 aliphatic rings. The molecule has 0 aliphatic carbocycles. The van der Waals surface area contributed by atoms with Crippen molar-refractivity contribution in [2.45, 2.75) is 12.8 Å². The lowest BCUT2D eigenvalue weighted by molar-refractivity contribution is -0.120. The molecule has 6 heteroatoms. The number of halogens is 2. The highest BCUT2D eigenvalue weighted by molar-refractivity contribution is 9.10. The van der Waals surface area contributed by atoms with Crippen LogP contribution in [0, 0.1) is 5.92 Å². The minimum atomic E-state index is 0. The number of amides is 1. The fourth-order valence-corrected chi connectivity index (χ4v) is 2.47. The third kappa shape index (κ3) is 4.37. The van der Waals surface area contributed by atoms with Crippen LogP contribution in [0.5, 0.6) is 5.75 Å². The minimum absolute atomic E-state index is 0. The standard InChI is InChI=1S/C13H17BrN2O2.ClH/c1-18-12-8-10(2-3-11(12)14)16-13(17)9-4-6-15-7-5-9;/h2-3,8-9,15H,4-7H2,1H3,(H,16,17);1H. The normalized spacial score (nSPS) is 15.5. The first kappa shape index (κ1) is 16.3. The zero-order chi connectivity index (χ0) is 13.0. The van der Waals surface area contributed by atoms with Gasteiger partial charge in [-0.15, -0.1) is 12.4 Å². The minimum Gasteiger partial charge on any atom is -0.495 e. The number of methoxy groups -OCH3 is 1. The van der Waals surface area contributed by atoms with Crippen LogP contribution in [0.15, 0.2) is 22.7 Å². The van der Waals surface area contributed by atoms with Crippen LogP contribution in [0.1, 0.15) is 12.8 Å². The van der Waals surface area contributed by atoms with Crippen molar-refractivity contribution in [1.82, 2.24) is 5.32 Å². The van der Waals surface area contributed by atoms with Crippen molar-refractivity contribution >= 4 is 39.9 Å². The van der Waals surface area contributed by atoms with Gasteiger partial charge in [0.05, 0.1) is 11.6 Å². The van der Waals surface area contributed by atoms with Crippen LogP contribution in [0.4, 0.5) is 5.69 Å². The lowest BCUT2D eigenvalue weighted by Gasteiger charge is -2.21. The third-order valence-corrected chi connectivity index (χ3v) is 3.78. The van der Waals surface area contributed by atoms with E-state index in [1.54, 1.807) is 7.11 Å². The molecule has 1 heterocycles. The number of ether oxygens (including phenoxy) is 1. The van der Waals surface area contributed by atoms with Gasteiger partial charge in [-0.3, -0.25) is 4.79 Å². The Kier molecular flexibility index (Phi) is 6.62. The van der Waals surface area contributed by atoms with E-state index >= 15 is 0 Å². The number of nitrogens with one attached hydrogen (secondary N) is 2. The second-order valence-corrected chi connectivity index (χ2v) is 5.22. The fourth-order valence-electron chi connectivity index (χ4n) is 2.07. The summed E-state index contributed by atoms with van der Waals surface area (Å²) in [6, 6.07) is 5.56. The average molecular weight is 350 g/mol. The molecule has 0 atom stereocenters. The molecule has 0 aromatic heterocycles. The fraction of sp³-hybridized carbons (Fsp3) is 0.462. The van der Waals surface area contributed by atoms with Gasteiger partial charge in [-0.2, -0.15) is 0 Å². The molecule has 1 aromatic rings. The molecule has 0 saturated carbocycles. The number of rotatable bonds is 3. The number of piperidine rings is 1. The third-order valence-electron chi connectivity index (χ3n) is 3.13. The molecule has 1 amide bonds. The van der Waals surface area contributed by atoms with Gasteiger partial charge in [-0.05, 0) is 54.0 Å². The number of hydrogen-bond acceptors (Lipinski definition) is 3. The molecule has 2 N–H and O–H groups in total. The van der Waals surface area contributed by atoms with Gasteiger partial charge in [0.1, 0.15) is 5.75 Å². The average Bonchev–Trinajstić information content (AvgIpc) is 2.42. The summed E-state index contributed by atoms with van der Waals surface area (Å²) in [6.45, 7) is 1.84. The van der Waals surface area contributed by atoms with Gasteiger partial charge >= 0.3 is 0 Å². The summed E-state index contributed by atoms with van der Waals surface area (Å²) in [5, 5.41) is 6.20. The molecule has 0 radical (unpaired) electrons. The summed E-state index contributed by atoms with van der Waals surface area (Å²) in [4.78, 5) is 12.1. The van der Waals surface area contributed by atoms with Crippen molar-refractivity contribution in [3.05, 3.63) is 22.7 Å². The van der Waals surface area contributed by atoms with Crippen LogP contribution >= 0.6 is 28.3 Å². The topological polar surface area (TPSA) is 50.4 Å². The van der Waals surface area contributed by atoms with Crippen LogP contribution < -0.4 is 15.4 Å². The van der Waals surface area contributed by atoms with Crippen molar-refractivity contribution < 1.29 is 9.53 Å². The molecule has 4 nitrogen and oxygen atoms in total. The maximum atomic E-state index is 12.1. The summed E-state index contributed by atoms with van der Waals surface area (Å²) in [5.41, 5.74) is 0.776. The van der Waals surface area contributed by atoms with Crippen molar-refractivity contribution in [2.75, 3.05) is 25.5 Å². The zero-order valence-corrected chi connectivity index (χ0v) is 13.1. The number of carbonyl (C=O) groups excluding carboxylic acids is 1. The Bertz CT molecular complexity index is 437. The zero-order valence-electron chi connectivity index (χ0n) is 10.7. The Morgan fingerprint density at radius 2 is 2.11 bits per heavy atom. The van der Waals surface area contributed by atoms with Gasteiger partial charge in [0.25, 0.3) is 0 Å². The van der Waals surface area contributed by atoms with E-state index in [0.29, 0.717) is 0 Å². The second-order valence-electron chi connectivity index (χ2n) is 4.36. The van der Waals surface area contributed by atoms with E-state index in [1.807, 2.05) is 18.2 Å². The molecule has 0 unspecified atom stereocenters. The van der Waals surface area contributed by atoms with E-state index in [-0.39, 0.29) is 24.2 Å². The van der Waals surface area contributed by atoms with E-state index in [0.717, 1.165) is 41.8 Å². The van der Waals surface area contributed by atoms with E-state index in [2.05, 4.69) is 26.6 Å². The molecule has 1 fully saturated rings. The first-order chi connectivity index (χ1) is 8.70. The molecular formula is C13H18BrClN2O2. The van der Waals surface area contributed by atoms with Crippen molar-refractivity contribution in [2.24, 2.45) is 5.92 Å². The van der Waals surface area contributed by atoms with Gasteiger partial charge < -0.3 is 15.4 Å². The highest BCUT2D eigenvalue weighted by Crippen LogP contribution is 2.28. The summed E-state index contributed by atoms with van der Waals surface area (Å²) < 4.78 is 6.08. The van der Waals surface area contributed by atoms with Crippen molar-refractivity contribution in [1.29, 1.82) is 0 Å². The molecular weight excluding hydrogens is 332 g/mol. The maximum Gasteiger partial charge on any atom is 0.227 e. The van der Waals surface area contributed by atoms with Gasteiger partial charge in [0, 0.05) is 17.7 Å². The second kappa shape index (κ2) is 7.72. The molecule has 2 rings (SSSR count). The Hall–Kier alpha value is -0.780. The smallest absolute Gasteiger partial charge is 0.227 e. The van der Waals surface area contributed by atoms with Crippen LogP contribution in [-0.2, 0) is 4.79 Å². The summed E-state index contributed by atoms with van der Waals surface area (Å²) in [5.74, 6) is 0.930. The molecule has 106 valence electrons. The SMILES string of the molecule is COc1cc(NC(=O)C2CCNCC2)ccc1Br.Cl. The summed E-state index contributed by atoms with van der Waals surface area (Å²) in [6.07, 6.45) is 1.80. The van der Waals surface area contributed by atoms with Gasteiger partial charge in [-0.25, -0.2) is 0 Å². The molecule has 1 aliphatic heterocycles. The lowest BCUT2D eigenvalue weighted by atomic mass is 9.97.